The highest BCUT2D eigenvalue weighted by Gasteiger charge is 2.28. The molecule has 8 heteroatoms. The lowest BCUT2D eigenvalue weighted by Crippen LogP contribution is -1.92. The number of phosphoric acid groups is 1. The SMILES string of the molecule is O=P(OCl)(OCl)Oc1cccc(Cl)c1. The number of benzene rings is 1. The van der Waals surface area contributed by atoms with Gasteiger partial charge in [0.25, 0.3) is 0 Å². The van der Waals surface area contributed by atoms with Crippen molar-refractivity contribution in [2.24, 2.45) is 0 Å². The summed E-state index contributed by atoms with van der Waals surface area (Å²) in [6.45, 7) is 0. The Hall–Kier alpha value is 0.0400. The Labute approximate surface area is 95.6 Å². The molecular weight excluding hydrogens is 273 g/mol. The minimum atomic E-state index is -3.95. The van der Waals surface area contributed by atoms with Crippen LogP contribution >= 0.6 is 43.2 Å². The first-order chi connectivity index (χ1) is 6.59. The molecule has 4 nitrogen and oxygen atoms in total. The van der Waals surface area contributed by atoms with E-state index in [9.17, 15) is 4.57 Å². The van der Waals surface area contributed by atoms with E-state index in [1.165, 1.54) is 12.1 Å². The average Bonchev–Trinajstić information content (AvgIpc) is 2.18. The summed E-state index contributed by atoms with van der Waals surface area (Å²) in [5.41, 5.74) is 0. The summed E-state index contributed by atoms with van der Waals surface area (Å²) in [4.78, 5) is 0. The van der Waals surface area contributed by atoms with Crippen LogP contribution in [0, 0.1) is 0 Å². The van der Waals surface area contributed by atoms with Crippen LogP contribution in [0.4, 0.5) is 0 Å². The molecule has 0 fully saturated rings. The van der Waals surface area contributed by atoms with Crippen molar-refractivity contribution in [3.63, 3.8) is 0 Å². The van der Waals surface area contributed by atoms with Crippen molar-refractivity contribution in [1.82, 2.24) is 0 Å². The smallest absolute Gasteiger partial charge is 0.402 e. The molecular formula is C6H4Cl3O4P. The molecule has 0 heterocycles. The minimum absolute atomic E-state index is 0.169. The fraction of sp³-hybridized carbons (Fsp3) is 0. The third-order valence-electron chi connectivity index (χ3n) is 1.18. The molecule has 0 aliphatic carbocycles. The lowest BCUT2D eigenvalue weighted by molar-refractivity contribution is 0.318. The van der Waals surface area contributed by atoms with Crippen LogP contribution in [0.2, 0.25) is 5.02 Å². The van der Waals surface area contributed by atoms with Crippen molar-refractivity contribution in [1.29, 1.82) is 0 Å². The second kappa shape index (κ2) is 5.21. The molecule has 0 atom stereocenters. The highest BCUT2D eigenvalue weighted by Crippen LogP contribution is 2.51. The highest BCUT2D eigenvalue weighted by molar-refractivity contribution is 7.50. The van der Waals surface area contributed by atoms with Crippen LogP contribution in [0.15, 0.2) is 24.3 Å². The number of halogens is 3. The van der Waals surface area contributed by atoms with Crippen LogP contribution in [-0.2, 0) is 12.7 Å². The quantitative estimate of drug-likeness (QED) is 0.775. The topological polar surface area (TPSA) is 44.8 Å². The normalized spacial score (nSPS) is 11.4. The van der Waals surface area contributed by atoms with E-state index in [-0.39, 0.29) is 5.75 Å². The molecule has 78 valence electrons. The molecule has 0 N–H and O–H groups in total. The fourth-order valence-electron chi connectivity index (χ4n) is 0.692. The molecule has 1 rings (SSSR count). The first kappa shape index (κ1) is 12.1. The van der Waals surface area contributed by atoms with E-state index in [0.29, 0.717) is 5.02 Å². The van der Waals surface area contributed by atoms with E-state index in [2.05, 4.69) is 8.15 Å². The summed E-state index contributed by atoms with van der Waals surface area (Å²) in [6.07, 6.45) is 0. The maximum Gasteiger partial charge on any atom is 0.563 e. The minimum Gasteiger partial charge on any atom is -0.402 e. The molecule has 0 spiro atoms. The van der Waals surface area contributed by atoms with Gasteiger partial charge < -0.3 is 4.52 Å². The molecule has 0 aromatic heterocycles. The Morgan fingerprint density at radius 2 is 1.86 bits per heavy atom. The van der Waals surface area contributed by atoms with Gasteiger partial charge in [-0.05, 0) is 18.2 Å². The van der Waals surface area contributed by atoms with Gasteiger partial charge in [0.1, 0.15) is 5.75 Å². The summed E-state index contributed by atoms with van der Waals surface area (Å²) in [5.74, 6) is 0.169. The van der Waals surface area contributed by atoms with Gasteiger partial charge in [-0.25, -0.2) is 4.57 Å². The zero-order valence-corrected chi connectivity index (χ0v) is 9.69. The van der Waals surface area contributed by atoms with E-state index in [1.807, 2.05) is 0 Å². The van der Waals surface area contributed by atoms with Crippen molar-refractivity contribution in [2.75, 3.05) is 0 Å². The third-order valence-corrected chi connectivity index (χ3v) is 3.20. The molecule has 0 unspecified atom stereocenters. The summed E-state index contributed by atoms with van der Waals surface area (Å²) >= 11 is 15.4. The van der Waals surface area contributed by atoms with E-state index >= 15 is 0 Å². The van der Waals surface area contributed by atoms with Crippen LogP contribution < -0.4 is 4.52 Å². The zero-order valence-electron chi connectivity index (χ0n) is 6.52. The number of hydrogen-bond donors (Lipinski definition) is 0. The second-order valence-corrected chi connectivity index (χ2v) is 4.75. The molecule has 0 aliphatic heterocycles. The Morgan fingerprint density at radius 3 is 2.36 bits per heavy atom. The van der Waals surface area contributed by atoms with E-state index < -0.39 is 7.82 Å². The Balaban J connectivity index is 2.83. The van der Waals surface area contributed by atoms with Gasteiger partial charge in [0.2, 0.25) is 0 Å². The lowest BCUT2D eigenvalue weighted by Gasteiger charge is -2.10. The van der Waals surface area contributed by atoms with Gasteiger partial charge in [-0.1, -0.05) is 17.7 Å². The van der Waals surface area contributed by atoms with Crippen LogP contribution in [0.3, 0.4) is 0 Å². The number of rotatable bonds is 4. The monoisotopic (exact) mass is 276 g/mol. The van der Waals surface area contributed by atoms with Gasteiger partial charge in [-0.15, -0.1) is 0 Å². The maximum absolute atomic E-state index is 11.3. The molecule has 0 saturated heterocycles. The summed E-state index contributed by atoms with van der Waals surface area (Å²) in [7, 11) is -3.95. The average molecular weight is 277 g/mol. The second-order valence-electron chi connectivity index (χ2n) is 2.13. The fourth-order valence-corrected chi connectivity index (χ4v) is 1.75. The van der Waals surface area contributed by atoms with Gasteiger partial charge in [0.15, 0.2) is 0 Å². The molecule has 1 aromatic carbocycles. The van der Waals surface area contributed by atoms with Crippen LogP contribution in [0.1, 0.15) is 0 Å². The van der Waals surface area contributed by atoms with Crippen molar-refractivity contribution in [3.05, 3.63) is 29.3 Å². The molecule has 0 radical (unpaired) electrons. The lowest BCUT2D eigenvalue weighted by atomic mass is 10.3. The molecule has 0 aliphatic rings. The predicted molar refractivity (Wildman–Crippen MR) is 53.6 cm³/mol. The van der Waals surface area contributed by atoms with Gasteiger partial charge in [0.05, 0.1) is 23.7 Å². The Bertz CT molecular complexity index is 351. The maximum atomic E-state index is 11.3. The van der Waals surface area contributed by atoms with Crippen molar-refractivity contribution < 1.29 is 17.2 Å². The number of hydrogen-bond acceptors (Lipinski definition) is 4. The predicted octanol–water partition coefficient (Wildman–Crippen LogP) is 4.17. The molecule has 0 bridgehead atoms. The van der Waals surface area contributed by atoms with Gasteiger partial charge in [0, 0.05) is 5.02 Å². The van der Waals surface area contributed by atoms with E-state index in [4.69, 9.17) is 39.9 Å². The standard InChI is InChI=1S/C6H4Cl3O4P/c7-5-2-1-3-6(4-5)11-14(10,12-8)13-9/h1-4H. The molecule has 0 saturated carbocycles. The third kappa shape index (κ3) is 3.31. The largest absolute Gasteiger partial charge is 0.563 e. The van der Waals surface area contributed by atoms with E-state index in [0.717, 1.165) is 0 Å². The molecule has 0 amide bonds. The van der Waals surface area contributed by atoms with Gasteiger partial charge in [-0.2, -0.15) is 8.15 Å². The summed E-state index contributed by atoms with van der Waals surface area (Å²) in [6, 6.07) is 6.09. The zero-order chi connectivity index (χ0) is 10.6. The first-order valence-corrected chi connectivity index (χ1v) is 5.71. The Morgan fingerprint density at radius 1 is 1.21 bits per heavy atom. The van der Waals surface area contributed by atoms with Crippen molar-refractivity contribution >= 4 is 43.2 Å². The van der Waals surface area contributed by atoms with Gasteiger partial charge in [-0.3, -0.25) is 0 Å². The van der Waals surface area contributed by atoms with E-state index in [1.54, 1.807) is 12.1 Å². The van der Waals surface area contributed by atoms with Crippen LogP contribution in [0.5, 0.6) is 5.75 Å². The van der Waals surface area contributed by atoms with Crippen LogP contribution in [0.25, 0.3) is 0 Å². The molecule has 14 heavy (non-hydrogen) atoms. The van der Waals surface area contributed by atoms with Gasteiger partial charge >= 0.3 is 7.82 Å². The summed E-state index contributed by atoms with van der Waals surface area (Å²) in [5, 5.41) is 0.401. The van der Waals surface area contributed by atoms with Crippen LogP contribution in [-0.4, -0.2) is 0 Å². The Kier molecular flexibility index (Phi) is 4.51. The highest BCUT2D eigenvalue weighted by atomic mass is 35.5. The summed E-state index contributed by atoms with van der Waals surface area (Å²) < 4.78 is 23.9. The van der Waals surface area contributed by atoms with Crippen molar-refractivity contribution in [2.45, 2.75) is 0 Å². The van der Waals surface area contributed by atoms with Crippen molar-refractivity contribution in [3.8, 4) is 5.75 Å². The molecule has 1 aromatic rings. The first-order valence-electron chi connectivity index (χ1n) is 3.25.